The summed E-state index contributed by atoms with van der Waals surface area (Å²) in [4.78, 5) is 0. The fraction of sp³-hybridized carbons (Fsp3) is 0.500. The Balaban J connectivity index is 2.48. The Bertz CT molecular complexity index is 48.1. The van der Waals surface area contributed by atoms with Crippen LogP contribution in [0.1, 0.15) is 0 Å². The number of hydrogen-bond donors (Lipinski definition) is 0. The molecule has 0 heterocycles. The normalized spacial score (nSPS) is 7.00. The summed E-state index contributed by atoms with van der Waals surface area (Å²) in [6.07, 6.45) is 0. The predicted molar refractivity (Wildman–Crippen MR) is 21.5 cm³/mol. The van der Waals surface area contributed by atoms with E-state index in [1.54, 1.807) is 0 Å². The molecule has 0 aliphatic carbocycles. The molecule has 0 N–H and O–H groups in total. The standard InChI is InChI=1S/C2H5NOSi/c3-1-2-4-5/h2H2,5H3. The Morgan fingerprint density at radius 3 is 2.60 bits per heavy atom. The Labute approximate surface area is 33.9 Å². The maximum absolute atomic E-state index is 7.71. The number of nitriles is 1. The maximum atomic E-state index is 7.71. The van der Waals surface area contributed by atoms with E-state index in [4.69, 9.17) is 5.26 Å². The molecule has 2 nitrogen and oxygen atoms in total. The first kappa shape index (κ1) is 4.67. The van der Waals surface area contributed by atoms with Crippen molar-refractivity contribution in [2.75, 3.05) is 6.61 Å². The molecule has 28 valence electrons. The van der Waals surface area contributed by atoms with Crippen molar-refractivity contribution in [3.8, 4) is 6.07 Å². The molecule has 0 fully saturated rings. The molecule has 3 heteroatoms. The zero-order valence-electron chi connectivity index (χ0n) is 3.06. The fourth-order valence-electron chi connectivity index (χ4n) is 0.0645. The van der Waals surface area contributed by atoms with E-state index in [1.165, 1.54) is 0 Å². The van der Waals surface area contributed by atoms with Crippen LogP contribution in [-0.2, 0) is 4.43 Å². The van der Waals surface area contributed by atoms with Crippen LogP contribution < -0.4 is 0 Å². The van der Waals surface area contributed by atoms with E-state index < -0.39 is 0 Å². The molecule has 5 heavy (non-hydrogen) atoms. The molecule has 0 rings (SSSR count). The van der Waals surface area contributed by atoms with Gasteiger partial charge in [-0.1, -0.05) is 0 Å². The fourth-order valence-corrected chi connectivity index (χ4v) is 0.194. The van der Waals surface area contributed by atoms with Crippen molar-refractivity contribution in [3.05, 3.63) is 0 Å². The van der Waals surface area contributed by atoms with Crippen molar-refractivity contribution < 1.29 is 4.43 Å². The third-order valence-electron chi connectivity index (χ3n) is 0.209. The van der Waals surface area contributed by atoms with Crippen molar-refractivity contribution in [2.45, 2.75) is 0 Å². The van der Waals surface area contributed by atoms with Gasteiger partial charge in [0.25, 0.3) is 0 Å². The zero-order chi connectivity index (χ0) is 4.12. The minimum Gasteiger partial charge on any atom is -0.415 e. The van der Waals surface area contributed by atoms with Crippen molar-refractivity contribution in [1.29, 1.82) is 5.26 Å². The number of hydrogen-bond acceptors (Lipinski definition) is 2. The molecule has 0 bridgehead atoms. The lowest BCUT2D eigenvalue weighted by Gasteiger charge is -1.74. The van der Waals surface area contributed by atoms with Crippen LogP contribution in [0.5, 0.6) is 0 Å². The van der Waals surface area contributed by atoms with Gasteiger partial charge in [-0.3, -0.25) is 0 Å². The maximum Gasteiger partial charge on any atom is 0.147 e. The van der Waals surface area contributed by atoms with Crippen LogP contribution in [0.2, 0.25) is 0 Å². The van der Waals surface area contributed by atoms with E-state index >= 15 is 0 Å². The average molecular weight is 87.2 g/mol. The van der Waals surface area contributed by atoms with Gasteiger partial charge in [-0.25, -0.2) is 0 Å². The minimum absolute atomic E-state index is 0.256. The van der Waals surface area contributed by atoms with Crippen molar-refractivity contribution in [2.24, 2.45) is 0 Å². The largest absolute Gasteiger partial charge is 0.415 e. The van der Waals surface area contributed by atoms with Crippen LogP contribution in [0.15, 0.2) is 0 Å². The van der Waals surface area contributed by atoms with Gasteiger partial charge >= 0.3 is 0 Å². The highest BCUT2D eigenvalue weighted by molar-refractivity contribution is 5.98. The molecule has 0 amide bonds. The second-order valence-electron chi connectivity index (χ2n) is 0.591. The lowest BCUT2D eigenvalue weighted by atomic mass is 10.9. The first-order valence-corrected chi connectivity index (χ1v) is 2.09. The minimum atomic E-state index is 0.256. The summed E-state index contributed by atoms with van der Waals surface area (Å²) < 4.78 is 4.47. The summed E-state index contributed by atoms with van der Waals surface area (Å²) in [7, 11) is 0.676. The van der Waals surface area contributed by atoms with Gasteiger partial charge < -0.3 is 4.43 Å². The summed E-state index contributed by atoms with van der Waals surface area (Å²) in [5.41, 5.74) is 0. The van der Waals surface area contributed by atoms with Gasteiger partial charge in [0.15, 0.2) is 0 Å². The molecular weight excluding hydrogens is 82.1 g/mol. The van der Waals surface area contributed by atoms with E-state index in [-0.39, 0.29) is 6.61 Å². The van der Waals surface area contributed by atoms with Crippen LogP contribution in [-0.4, -0.2) is 17.1 Å². The van der Waals surface area contributed by atoms with Crippen LogP contribution in [0.25, 0.3) is 0 Å². The molecule has 0 aliphatic rings. The molecule has 0 aromatic heterocycles. The summed E-state index contributed by atoms with van der Waals surface area (Å²) >= 11 is 0. The summed E-state index contributed by atoms with van der Waals surface area (Å²) in [6.45, 7) is 0.256. The van der Waals surface area contributed by atoms with Crippen LogP contribution >= 0.6 is 0 Å². The Kier molecular flexibility index (Phi) is 3.42. The van der Waals surface area contributed by atoms with Crippen molar-refractivity contribution in [3.63, 3.8) is 0 Å². The van der Waals surface area contributed by atoms with Gasteiger partial charge in [0.1, 0.15) is 17.1 Å². The highest BCUT2D eigenvalue weighted by Crippen LogP contribution is 1.52. The van der Waals surface area contributed by atoms with E-state index in [1.807, 2.05) is 6.07 Å². The lowest BCUT2D eigenvalue weighted by Crippen LogP contribution is -1.80. The molecule has 0 radical (unpaired) electrons. The molecular formula is C2H5NOSi. The molecule has 0 saturated heterocycles. The second kappa shape index (κ2) is 3.67. The molecule has 0 aromatic carbocycles. The number of nitrogens with zero attached hydrogens (tertiary/aromatic N) is 1. The van der Waals surface area contributed by atoms with Crippen molar-refractivity contribution >= 4 is 10.5 Å². The highest BCUT2D eigenvalue weighted by Gasteiger charge is 1.61. The van der Waals surface area contributed by atoms with E-state index in [0.717, 1.165) is 0 Å². The lowest BCUT2D eigenvalue weighted by molar-refractivity contribution is 0.407. The van der Waals surface area contributed by atoms with Gasteiger partial charge in [-0.2, -0.15) is 5.26 Å². The third-order valence-corrected chi connectivity index (χ3v) is 0.498. The Morgan fingerprint density at radius 2 is 2.60 bits per heavy atom. The van der Waals surface area contributed by atoms with Gasteiger partial charge in [-0.15, -0.1) is 0 Å². The van der Waals surface area contributed by atoms with Gasteiger partial charge in [0.05, 0.1) is 6.07 Å². The van der Waals surface area contributed by atoms with Crippen LogP contribution in [0, 0.1) is 11.3 Å². The second-order valence-corrected chi connectivity index (χ2v) is 1.17. The molecule has 0 unspecified atom stereocenters. The van der Waals surface area contributed by atoms with Gasteiger partial charge in [0, 0.05) is 0 Å². The SMILES string of the molecule is N#CCO[SiH3]. The average Bonchev–Trinajstić information content (AvgIpc) is 1.41. The van der Waals surface area contributed by atoms with Crippen LogP contribution in [0.4, 0.5) is 0 Å². The first-order valence-electron chi connectivity index (χ1n) is 1.27. The molecule has 0 aliphatic heterocycles. The number of rotatable bonds is 1. The van der Waals surface area contributed by atoms with Crippen molar-refractivity contribution in [1.82, 2.24) is 0 Å². The molecule has 0 saturated carbocycles. The van der Waals surface area contributed by atoms with E-state index in [2.05, 4.69) is 4.43 Å². The topological polar surface area (TPSA) is 33.0 Å². The summed E-state index contributed by atoms with van der Waals surface area (Å²) in [6, 6.07) is 1.83. The van der Waals surface area contributed by atoms with Crippen LogP contribution in [0.3, 0.4) is 0 Å². The Morgan fingerprint density at radius 1 is 2.00 bits per heavy atom. The predicted octanol–water partition coefficient (Wildman–Crippen LogP) is -1.19. The molecule has 0 spiro atoms. The third kappa shape index (κ3) is 3.67. The van der Waals surface area contributed by atoms with E-state index in [9.17, 15) is 0 Å². The van der Waals surface area contributed by atoms with Gasteiger partial charge in [-0.05, 0) is 0 Å². The summed E-state index contributed by atoms with van der Waals surface area (Å²) in [5, 5.41) is 7.71. The quantitative estimate of drug-likeness (QED) is 0.377. The monoisotopic (exact) mass is 87.0 g/mol. The molecule has 0 atom stereocenters. The Hall–Kier alpha value is -0.333. The van der Waals surface area contributed by atoms with E-state index in [0.29, 0.717) is 10.5 Å². The highest BCUT2D eigenvalue weighted by atomic mass is 28.2. The smallest absolute Gasteiger partial charge is 0.147 e. The first-order chi connectivity index (χ1) is 2.41. The summed E-state index contributed by atoms with van der Waals surface area (Å²) in [5.74, 6) is 0. The zero-order valence-corrected chi connectivity index (χ0v) is 5.06. The molecule has 0 aromatic rings. The van der Waals surface area contributed by atoms with Gasteiger partial charge in [0.2, 0.25) is 0 Å².